The number of alkyl halides is 1. The van der Waals surface area contributed by atoms with Crippen molar-refractivity contribution in [3.63, 3.8) is 0 Å². The Kier molecular flexibility index (Phi) is 4.42. The van der Waals surface area contributed by atoms with E-state index in [9.17, 15) is 0 Å². The topological polar surface area (TPSA) is 27.7 Å². The maximum Gasteiger partial charge on any atom is 0.231 e. The van der Waals surface area contributed by atoms with Gasteiger partial charge in [0.05, 0.1) is 0 Å². The van der Waals surface area contributed by atoms with Crippen LogP contribution in [0.1, 0.15) is 18.1 Å². The van der Waals surface area contributed by atoms with Crippen molar-refractivity contribution >= 4 is 23.2 Å². The predicted octanol–water partition coefficient (Wildman–Crippen LogP) is 4.82. The second-order valence-corrected chi connectivity index (χ2v) is 5.47. The van der Waals surface area contributed by atoms with Gasteiger partial charge in [0.25, 0.3) is 0 Å². The van der Waals surface area contributed by atoms with Crippen LogP contribution in [-0.2, 0) is 0 Å². The minimum atomic E-state index is -0.125. The van der Waals surface area contributed by atoms with Crippen LogP contribution >= 0.6 is 23.2 Å². The van der Waals surface area contributed by atoms with Crippen molar-refractivity contribution in [1.82, 2.24) is 0 Å². The van der Waals surface area contributed by atoms with E-state index in [1.807, 2.05) is 42.5 Å². The lowest BCUT2D eigenvalue weighted by atomic mass is 10.1. The maximum absolute atomic E-state index is 6.04. The number of hydrogen-bond acceptors (Lipinski definition) is 3. The fraction of sp³-hybridized carbons (Fsp3) is 0.250. The molecule has 2 aromatic carbocycles. The second-order valence-electron chi connectivity index (χ2n) is 4.65. The summed E-state index contributed by atoms with van der Waals surface area (Å²) in [6, 6.07) is 13.1. The van der Waals surface area contributed by atoms with Crippen molar-refractivity contribution in [2.45, 2.75) is 12.5 Å². The molecule has 1 heterocycles. The van der Waals surface area contributed by atoms with Crippen molar-refractivity contribution in [2.75, 3.05) is 12.7 Å². The van der Waals surface area contributed by atoms with E-state index < -0.39 is 0 Å². The molecule has 0 saturated heterocycles. The number of rotatable bonds is 5. The van der Waals surface area contributed by atoms with Crippen molar-refractivity contribution < 1.29 is 14.2 Å². The molecule has 1 unspecified atom stereocenters. The SMILES string of the molecule is ClCCC(Oc1ccc2c(c1)OCO2)c1ccc(Cl)cc1. The van der Waals surface area contributed by atoms with Gasteiger partial charge in [-0.05, 0) is 29.8 Å². The zero-order valence-corrected chi connectivity index (χ0v) is 12.7. The van der Waals surface area contributed by atoms with Crippen LogP contribution in [0.3, 0.4) is 0 Å². The third kappa shape index (κ3) is 3.36. The van der Waals surface area contributed by atoms with Gasteiger partial charge in [0.15, 0.2) is 11.5 Å². The lowest BCUT2D eigenvalue weighted by Gasteiger charge is -2.19. The number of hydrogen-bond donors (Lipinski definition) is 0. The van der Waals surface area contributed by atoms with E-state index in [0.717, 1.165) is 17.1 Å². The molecule has 1 atom stereocenters. The summed E-state index contributed by atoms with van der Waals surface area (Å²) in [7, 11) is 0. The molecule has 3 nitrogen and oxygen atoms in total. The van der Waals surface area contributed by atoms with Gasteiger partial charge in [0, 0.05) is 23.4 Å². The quantitative estimate of drug-likeness (QED) is 0.738. The number of ether oxygens (including phenoxy) is 3. The molecular weight excluding hydrogens is 311 g/mol. The molecule has 110 valence electrons. The molecule has 0 spiro atoms. The van der Waals surface area contributed by atoms with E-state index in [1.165, 1.54) is 0 Å². The van der Waals surface area contributed by atoms with Crippen LogP contribution in [0.25, 0.3) is 0 Å². The third-order valence-corrected chi connectivity index (χ3v) is 3.71. The van der Waals surface area contributed by atoms with E-state index in [4.69, 9.17) is 37.4 Å². The van der Waals surface area contributed by atoms with Gasteiger partial charge in [-0.15, -0.1) is 11.6 Å². The first kappa shape index (κ1) is 14.4. The lowest BCUT2D eigenvalue weighted by molar-refractivity contribution is 0.173. The lowest BCUT2D eigenvalue weighted by Crippen LogP contribution is -2.08. The Bertz CT molecular complexity index is 613. The molecule has 0 amide bonds. The Balaban J connectivity index is 1.80. The molecule has 0 saturated carbocycles. The summed E-state index contributed by atoms with van der Waals surface area (Å²) in [6.45, 7) is 0.251. The van der Waals surface area contributed by atoms with E-state index in [0.29, 0.717) is 23.1 Å². The van der Waals surface area contributed by atoms with E-state index in [1.54, 1.807) is 0 Å². The first-order valence-corrected chi connectivity index (χ1v) is 7.55. The zero-order valence-electron chi connectivity index (χ0n) is 11.2. The van der Waals surface area contributed by atoms with Crippen LogP contribution in [0, 0.1) is 0 Å². The minimum Gasteiger partial charge on any atom is -0.486 e. The van der Waals surface area contributed by atoms with E-state index in [2.05, 4.69) is 0 Å². The average molecular weight is 325 g/mol. The molecule has 1 aliphatic heterocycles. The fourth-order valence-corrected chi connectivity index (χ4v) is 2.51. The molecule has 2 aromatic rings. The van der Waals surface area contributed by atoms with Crippen LogP contribution in [0.5, 0.6) is 17.2 Å². The molecule has 3 rings (SSSR count). The summed E-state index contributed by atoms with van der Waals surface area (Å²) in [6.07, 6.45) is 0.581. The highest BCUT2D eigenvalue weighted by Gasteiger charge is 2.17. The highest BCUT2D eigenvalue weighted by atomic mass is 35.5. The van der Waals surface area contributed by atoms with Gasteiger partial charge in [0.2, 0.25) is 6.79 Å². The van der Waals surface area contributed by atoms with Gasteiger partial charge in [-0.25, -0.2) is 0 Å². The monoisotopic (exact) mass is 324 g/mol. The first-order valence-electron chi connectivity index (χ1n) is 6.64. The maximum atomic E-state index is 6.04. The molecule has 0 aliphatic carbocycles. The highest BCUT2D eigenvalue weighted by molar-refractivity contribution is 6.30. The Morgan fingerprint density at radius 3 is 2.57 bits per heavy atom. The highest BCUT2D eigenvalue weighted by Crippen LogP contribution is 2.37. The van der Waals surface area contributed by atoms with Gasteiger partial charge in [-0.3, -0.25) is 0 Å². The summed E-state index contributed by atoms with van der Waals surface area (Å²) < 4.78 is 16.7. The van der Waals surface area contributed by atoms with E-state index >= 15 is 0 Å². The summed E-state index contributed by atoms with van der Waals surface area (Å²) >= 11 is 11.8. The molecule has 0 aromatic heterocycles. The molecule has 1 aliphatic rings. The van der Waals surface area contributed by atoms with Gasteiger partial charge < -0.3 is 14.2 Å². The first-order chi connectivity index (χ1) is 10.3. The molecule has 5 heteroatoms. The van der Waals surface area contributed by atoms with Gasteiger partial charge >= 0.3 is 0 Å². The predicted molar refractivity (Wildman–Crippen MR) is 82.7 cm³/mol. The summed E-state index contributed by atoms with van der Waals surface area (Å²) in [5.41, 5.74) is 1.04. The minimum absolute atomic E-state index is 0.125. The third-order valence-electron chi connectivity index (χ3n) is 3.24. The smallest absolute Gasteiger partial charge is 0.231 e. The molecule has 21 heavy (non-hydrogen) atoms. The zero-order chi connectivity index (χ0) is 14.7. The molecule has 0 fully saturated rings. The Morgan fingerprint density at radius 2 is 1.81 bits per heavy atom. The van der Waals surface area contributed by atoms with Gasteiger partial charge in [-0.2, -0.15) is 0 Å². The van der Waals surface area contributed by atoms with E-state index in [-0.39, 0.29) is 12.9 Å². The number of benzene rings is 2. The van der Waals surface area contributed by atoms with Crippen LogP contribution < -0.4 is 14.2 Å². The van der Waals surface area contributed by atoms with Crippen molar-refractivity contribution in [3.8, 4) is 17.2 Å². The van der Waals surface area contributed by atoms with Crippen molar-refractivity contribution in [1.29, 1.82) is 0 Å². The van der Waals surface area contributed by atoms with Gasteiger partial charge in [0.1, 0.15) is 11.9 Å². The summed E-state index contributed by atoms with van der Waals surface area (Å²) in [5, 5.41) is 0.700. The van der Waals surface area contributed by atoms with Crippen LogP contribution in [0.4, 0.5) is 0 Å². The molecule has 0 radical (unpaired) electrons. The number of halogens is 2. The Morgan fingerprint density at radius 1 is 1.05 bits per heavy atom. The Labute approximate surface area is 133 Å². The van der Waals surface area contributed by atoms with Crippen LogP contribution in [-0.4, -0.2) is 12.7 Å². The molecule has 0 bridgehead atoms. The standard InChI is InChI=1S/C16H14Cl2O3/c17-8-7-14(11-1-3-12(18)4-2-11)21-13-5-6-15-16(9-13)20-10-19-15/h1-6,9,14H,7-8,10H2. The second kappa shape index (κ2) is 6.46. The van der Waals surface area contributed by atoms with Crippen molar-refractivity contribution in [3.05, 3.63) is 53.1 Å². The fourth-order valence-electron chi connectivity index (χ4n) is 2.18. The van der Waals surface area contributed by atoms with Crippen LogP contribution in [0.15, 0.2) is 42.5 Å². The number of fused-ring (bicyclic) bond motifs is 1. The molecular formula is C16H14Cl2O3. The van der Waals surface area contributed by atoms with Crippen molar-refractivity contribution in [2.24, 2.45) is 0 Å². The Hall–Kier alpha value is -1.58. The average Bonchev–Trinajstić information content (AvgIpc) is 2.95. The molecule has 0 N–H and O–H groups in total. The normalized spacial score (nSPS) is 14.0. The summed E-state index contributed by atoms with van der Waals surface area (Å²) in [4.78, 5) is 0. The summed E-state index contributed by atoms with van der Waals surface area (Å²) in [5.74, 6) is 2.68. The largest absolute Gasteiger partial charge is 0.486 e. The van der Waals surface area contributed by atoms with Crippen LogP contribution in [0.2, 0.25) is 5.02 Å². The van der Waals surface area contributed by atoms with Gasteiger partial charge in [-0.1, -0.05) is 23.7 Å².